The highest BCUT2D eigenvalue weighted by Crippen LogP contribution is 2.20. The molecule has 2 aromatic heterocycles. The van der Waals surface area contributed by atoms with Gasteiger partial charge >= 0.3 is 0 Å². The first kappa shape index (κ1) is 9.72. The molecule has 2 heterocycles. The molecule has 1 atom stereocenters. The van der Waals surface area contributed by atoms with Gasteiger partial charge in [0.1, 0.15) is 0 Å². The van der Waals surface area contributed by atoms with E-state index in [9.17, 15) is 4.39 Å². The SMILES string of the molecule is CC(N)c1noc(-c2ccncc2F)n1. The zero-order valence-electron chi connectivity index (χ0n) is 8.01. The topological polar surface area (TPSA) is 77.8 Å². The summed E-state index contributed by atoms with van der Waals surface area (Å²) in [6.07, 6.45) is 2.54. The molecular weight excluding hydrogens is 199 g/mol. The first-order chi connectivity index (χ1) is 7.18. The van der Waals surface area contributed by atoms with Crippen molar-refractivity contribution in [3.63, 3.8) is 0 Å². The third-order valence-corrected chi connectivity index (χ3v) is 1.85. The Morgan fingerprint density at radius 2 is 2.33 bits per heavy atom. The molecule has 0 saturated carbocycles. The van der Waals surface area contributed by atoms with E-state index in [-0.39, 0.29) is 17.5 Å². The molecule has 0 fully saturated rings. The minimum absolute atomic E-state index is 0.113. The highest BCUT2D eigenvalue weighted by atomic mass is 19.1. The fourth-order valence-electron chi connectivity index (χ4n) is 1.08. The lowest BCUT2D eigenvalue weighted by molar-refractivity contribution is 0.416. The van der Waals surface area contributed by atoms with E-state index in [1.165, 1.54) is 12.3 Å². The number of hydrogen-bond acceptors (Lipinski definition) is 5. The molecule has 15 heavy (non-hydrogen) atoms. The second kappa shape index (κ2) is 3.74. The van der Waals surface area contributed by atoms with E-state index in [0.717, 1.165) is 6.20 Å². The van der Waals surface area contributed by atoms with Crippen molar-refractivity contribution in [2.45, 2.75) is 13.0 Å². The number of rotatable bonds is 2. The number of nitrogens with zero attached hydrogens (tertiary/aromatic N) is 3. The maximum absolute atomic E-state index is 13.3. The summed E-state index contributed by atoms with van der Waals surface area (Å²) in [4.78, 5) is 7.59. The lowest BCUT2D eigenvalue weighted by Crippen LogP contribution is -2.06. The number of hydrogen-bond donors (Lipinski definition) is 1. The van der Waals surface area contributed by atoms with Crippen molar-refractivity contribution >= 4 is 0 Å². The van der Waals surface area contributed by atoms with Crippen LogP contribution in [-0.4, -0.2) is 15.1 Å². The minimum Gasteiger partial charge on any atom is -0.334 e. The molecule has 5 nitrogen and oxygen atoms in total. The van der Waals surface area contributed by atoms with Gasteiger partial charge in [-0.05, 0) is 13.0 Å². The Hall–Kier alpha value is -1.82. The number of aromatic nitrogens is 3. The Morgan fingerprint density at radius 1 is 1.53 bits per heavy atom. The van der Waals surface area contributed by atoms with E-state index in [0.29, 0.717) is 5.82 Å². The normalized spacial score (nSPS) is 12.7. The first-order valence-electron chi connectivity index (χ1n) is 4.37. The van der Waals surface area contributed by atoms with Gasteiger partial charge in [-0.2, -0.15) is 4.98 Å². The molecule has 78 valence electrons. The molecular formula is C9H9FN4O. The molecule has 0 aliphatic rings. The highest BCUT2D eigenvalue weighted by molar-refractivity contribution is 5.52. The Labute approximate surface area is 85.1 Å². The second-order valence-electron chi connectivity index (χ2n) is 3.10. The molecule has 0 aliphatic heterocycles. The van der Waals surface area contributed by atoms with Crippen molar-refractivity contribution in [1.29, 1.82) is 0 Å². The van der Waals surface area contributed by atoms with Crippen LogP contribution in [-0.2, 0) is 0 Å². The van der Waals surface area contributed by atoms with Gasteiger partial charge in [-0.3, -0.25) is 4.98 Å². The molecule has 0 spiro atoms. The van der Waals surface area contributed by atoms with Gasteiger partial charge in [-0.1, -0.05) is 5.16 Å². The van der Waals surface area contributed by atoms with Crippen molar-refractivity contribution < 1.29 is 8.91 Å². The van der Waals surface area contributed by atoms with Crippen molar-refractivity contribution in [1.82, 2.24) is 15.1 Å². The van der Waals surface area contributed by atoms with Crippen LogP contribution in [0.5, 0.6) is 0 Å². The molecule has 1 unspecified atom stereocenters. The Balaban J connectivity index is 2.42. The van der Waals surface area contributed by atoms with E-state index in [1.54, 1.807) is 6.92 Å². The van der Waals surface area contributed by atoms with E-state index < -0.39 is 5.82 Å². The molecule has 0 saturated heterocycles. The van der Waals surface area contributed by atoms with Gasteiger partial charge in [0.2, 0.25) is 0 Å². The Bertz CT molecular complexity index is 469. The number of nitrogens with two attached hydrogens (primary N) is 1. The molecule has 0 aromatic carbocycles. The lowest BCUT2D eigenvalue weighted by atomic mass is 10.2. The van der Waals surface area contributed by atoms with Crippen LogP contribution in [0.1, 0.15) is 18.8 Å². The predicted octanol–water partition coefficient (Wildman–Crippen LogP) is 1.29. The van der Waals surface area contributed by atoms with Crippen molar-refractivity contribution in [3.05, 3.63) is 30.1 Å². The molecule has 0 aliphatic carbocycles. The smallest absolute Gasteiger partial charge is 0.261 e. The Kier molecular flexibility index (Phi) is 2.42. The standard InChI is InChI=1S/C9H9FN4O/c1-5(11)8-13-9(15-14-8)6-2-3-12-4-7(6)10/h2-5H,11H2,1H3. The summed E-state index contributed by atoms with van der Waals surface area (Å²) in [5, 5.41) is 3.64. The van der Waals surface area contributed by atoms with Crippen LogP contribution in [0.3, 0.4) is 0 Å². The van der Waals surface area contributed by atoms with Crippen LogP contribution in [0.4, 0.5) is 4.39 Å². The molecule has 6 heteroatoms. The first-order valence-corrected chi connectivity index (χ1v) is 4.37. The van der Waals surface area contributed by atoms with Crippen LogP contribution >= 0.6 is 0 Å². The van der Waals surface area contributed by atoms with Crippen LogP contribution < -0.4 is 5.73 Å². The summed E-state index contributed by atoms with van der Waals surface area (Å²) >= 11 is 0. The average Bonchev–Trinajstić information content (AvgIpc) is 2.67. The maximum Gasteiger partial charge on any atom is 0.261 e. The maximum atomic E-state index is 13.3. The van der Waals surface area contributed by atoms with Gasteiger partial charge in [0.15, 0.2) is 11.6 Å². The third kappa shape index (κ3) is 1.84. The second-order valence-corrected chi connectivity index (χ2v) is 3.10. The monoisotopic (exact) mass is 208 g/mol. The van der Waals surface area contributed by atoms with E-state index >= 15 is 0 Å². The molecule has 0 radical (unpaired) electrons. The van der Waals surface area contributed by atoms with Gasteiger partial charge < -0.3 is 10.3 Å². The van der Waals surface area contributed by atoms with E-state index in [1.807, 2.05) is 0 Å². The summed E-state index contributed by atoms with van der Waals surface area (Å²) in [6.45, 7) is 1.72. The summed E-state index contributed by atoms with van der Waals surface area (Å²) < 4.78 is 18.1. The fraction of sp³-hybridized carbons (Fsp3) is 0.222. The van der Waals surface area contributed by atoms with Crippen LogP contribution in [0.2, 0.25) is 0 Å². The van der Waals surface area contributed by atoms with Crippen LogP contribution in [0, 0.1) is 5.82 Å². The van der Waals surface area contributed by atoms with Gasteiger partial charge in [0.05, 0.1) is 17.8 Å². The average molecular weight is 208 g/mol. The summed E-state index contributed by atoms with van der Waals surface area (Å²) in [5.41, 5.74) is 5.78. The van der Waals surface area contributed by atoms with Gasteiger partial charge in [-0.15, -0.1) is 0 Å². The van der Waals surface area contributed by atoms with Crippen LogP contribution in [0.25, 0.3) is 11.5 Å². The van der Waals surface area contributed by atoms with E-state index in [4.69, 9.17) is 10.3 Å². The van der Waals surface area contributed by atoms with Crippen LogP contribution in [0.15, 0.2) is 23.0 Å². The van der Waals surface area contributed by atoms with E-state index in [2.05, 4.69) is 15.1 Å². The lowest BCUT2D eigenvalue weighted by Gasteiger charge is -1.95. The number of halogens is 1. The molecule has 2 N–H and O–H groups in total. The van der Waals surface area contributed by atoms with Gasteiger partial charge in [0, 0.05) is 6.20 Å². The zero-order chi connectivity index (χ0) is 10.8. The van der Waals surface area contributed by atoms with Gasteiger partial charge in [0.25, 0.3) is 5.89 Å². The highest BCUT2D eigenvalue weighted by Gasteiger charge is 2.14. The third-order valence-electron chi connectivity index (χ3n) is 1.85. The van der Waals surface area contributed by atoms with Crippen molar-refractivity contribution in [2.75, 3.05) is 0 Å². The summed E-state index contributed by atoms with van der Waals surface area (Å²) in [5.74, 6) is -0.0409. The Morgan fingerprint density at radius 3 is 2.93 bits per heavy atom. The minimum atomic E-state index is -0.502. The number of pyridine rings is 1. The molecule has 2 rings (SSSR count). The quantitative estimate of drug-likeness (QED) is 0.804. The van der Waals surface area contributed by atoms with Crippen molar-refractivity contribution in [2.24, 2.45) is 5.73 Å². The summed E-state index contributed by atoms with van der Waals surface area (Å²) in [7, 11) is 0. The predicted molar refractivity (Wildman–Crippen MR) is 50.1 cm³/mol. The molecule has 0 amide bonds. The zero-order valence-corrected chi connectivity index (χ0v) is 8.01. The molecule has 0 bridgehead atoms. The molecule has 2 aromatic rings. The summed E-state index contributed by atoms with van der Waals surface area (Å²) in [6, 6.07) is 1.13. The fourth-order valence-corrected chi connectivity index (χ4v) is 1.08. The van der Waals surface area contributed by atoms with Gasteiger partial charge in [-0.25, -0.2) is 4.39 Å². The van der Waals surface area contributed by atoms with Crippen molar-refractivity contribution in [3.8, 4) is 11.5 Å². The largest absolute Gasteiger partial charge is 0.334 e.